The smallest absolute Gasteiger partial charge is 0.341 e. The number of carboxylic acid groups (broad SMARTS) is 1. The Hall–Kier alpha value is -2.73. The largest absolute Gasteiger partial charge is 0.497 e. The van der Waals surface area contributed by atoms with E-state index in [0.29, 0.717) is 17.9 Å². The molecule has 0 aliphatic heterocycles. The van der Waals surface area contributed by atoms with Crippen molar-refractivity contribution in [3.8, 4) is 17.2 Å². The SMILES string of the molecule is CCOc1cc(C=Nc2ccc(OC)cc2)cc(Cl)c1OCC(=O)O. The average Bonchev–Trinajstić information content (AvgIpc) is 2.59. The van der Waals surface area contributed by atoms with E-state index < -0.39 is 12.6 Å². The number of ether oxygens (including phenoxy) is 3. The first kappa shape index (κ1) is 18.6. The predicted molar refractivity (Wildman–Crippen MR) is 96.0 cm³/mol. The summed E-state index contributed by atoms with van der Waals surface area (Å²) in [6.45, 7) is 1.70. The number of hydrogen-bond acceptors (Lipinski definition) is 5. The van der Waals surface area contributed by atoms with E-state index in [0.717, 1.165) is 11.4 Å². The summed E-state index contributed by atoms with van der Waals surface area (Å²) in [6.07, 6.45) is 1.64. The molecule has 0 saturated carbocycles. The van der Waals surface area contributed by atoms with E-state index in [9.17, 15) is 4.79 Å². The van der Waals surface area contributed by atoms with Crippen molar-refractivity contribution in [2.24, 2.45) is 4.99 Å². The molecule has 0 radical (unpaired) electrons. The van der Waals surface area contributed by atoms with Crippen LogP contribution in [0.4, 0.5) is 5.69 Å². The van der Waals surface area contributed by atoms with Gasteiger partial charge in [0.2, 0.25) is 0 Å². The fourth-order valence-corrected chi connectivity index (χ4v) is 2.29. The van der Waals surface area contributed by atoms with Crippen molar-refractivity contribution in [1.82, 2.24) is 0 Å². The number of aliphatic carboxylic acids is 1. The van der Waals surface area contributed by atoms with Crippen LogP contribution >= 0.6 is 11.6 Å². The number of aliphatic imine (C=N–C) groups is 1. The normalized spacial score (nSPS) is 10.7. The number of hydrogen-bond donors (Lipinski definition) is 1. The molecule has 0 amide bonds. The van der Waals surface area contributed by atoms with Gasteiger partial charge in [-0.15, -0.1) is 0 Å². The Kier molecular flexibility index (Phi) is 6.65. The number of benzene rings is 2. The van der Waals surface area contributed by atoms with E-state index in [1.54, 1.807) is 25.5 Å². The number of nitrogens with zero attached hydrogens (tertiary/aromatic N) is 1. The van der Waals surface area contributed by atoms with Crippen molar-refractivity contribution in [3.05, 3.63) is 47.0 Å². The average molecular weight is 364 g/mol. The fraction of sp³-hybridized carbons (Fsp3) is 0.222. The van der Waals surface area contributed by atoms with Crippen molar-refractivity contribution in [2.75, 3.05) is 20.3 Å². The maximum Gasteiger partial charge on any atom is 0.341 e. The van der Waals surface area contributed by atoms with E-state index >= 15 is 0 Å². The van der Waals surface area contributed by atoms with Crippen LogP contribution in [0.2, 0.25) is 5.02 Å². The molecule has 0 aromatic heterocycles. The molecular formula is C18H18ClNO5. The minimum Gasteiger partial charge on any atom is -0.497 e. The number of rotatable bonds is 8. The first-order valence-corrected chi connectivity index (χ1v) is 7.90. The molecule has 6 nitrogen and oxygen atoms in total. The van der Waals surface area contributed by atoms with Crippen LogP contribution in [0.3, 0.4) is 0 Å². The van der Waals surface area contributed by atoms with Crippen molar-refractivity contribution in [2.45, 2.75) is 6.92 Å². The van der Waals surface area contributed by atoms with Gasteiger partial charge in [-0.1, -0.05) is 11.6 Å². The minimum atomic E-state index is -1.09. The van der Waals surface area contributed by atoms with Gasteiger partial charge in [0.1, 0.15) is 5.75 Å². The van der Waals surface area contributed by atoms with Crippen molar-refractivity contribution >= 4 is 29.5 Å². The van der Waals surface area contributed by atoms with E-state index in [4.69, 9.17) is 30.9 Å². The second kappa shape index (κ2) is 8.94. The molecule has 0 fully saturated rings. The summed E-state index contributed by atoms with van der Waals surface area (Å²) in [7, 11) is 1.60. The molecule has 0 saturated heterocycles. The highest BCUT2D eigenvalue weighted by Gasteiger charge is 2.13. The van der Waals surface area contributed by atoms with Crippen LogP contribution in [0, 0.1) is 0 Å². The standard InChI is InChI=1S/C18H18ClNO5/c1-3-24-16-9-12(8-15(19)18(16)25-11-17(21)22)10-20-13-4-6-14(23-2)7-5-13/h4-10H,3,11H2,1-2H3,(H,21,22). The lowest BCUT2D eigenvalue weighted by molar-refractivity contribution is -0.139. The van der Waals surface area contributed by atoms with Crippen LogP contribution < -0.4 is 14.2 Å². The zero-order valence-electron chi connectivity index (χ0n) is 13.9. The highest BCUT2D eigenvalue weighted by molar-refractivity contribution is 6.32. The summed E-state index contributed by atoms with van der Waals surface area (Å²) in [5, 5.41) is 9.00. The number of methoxy groups -OCH3 is 1. The molecule has 7 heteroatoms. The fourth-order valence-electron chi connectivity index (χ4n) is 2.02. The maximum atomic E-state index is 10.7. The Labute approximate surface area is 150 Å². The van der Waals surface area contributed by atoms with Gasteiger partial charge in [-0.2, -0.15) is 0 Å². The van der Waals surface area contributed by atoms with Gasteiger partial charge in [0.15, 0.2) is 18.1 Å². The third-order valence-corrected chi connectivity index (χ3v) is 3.39. The van der Waals surface area contributed by atoms with Gasteiger partial charge < -0.3 is 19.3 Å². The molecule has 1 N–H and O–H groups in total. The second-order valence-corrected chi connectivity index (χ2v) is 5.31. The Balaban J connectivity index is 2.25. The van der Waals surface area contributed by atoms with Crippen molar-refractivity contribution in [3.63, 3.8) is 0 Å². The highest BCUT2D eigenvalue weighted by atomic mass is 35.5. The summed E-state index contributed by atoms with van der Waals surface area (Å²) >= 11 is 6.20. The van der Waals surface area contributed by atoms with Gasteiger partial charge in [-0.25, -0.2) is 4.79 Å². The Morgan fingerprint density at radius 3 is 2.56 bits per heavy atom. The maximum absolute atomic E-state index is 10.7. The van der Waals surface area contributed by atoms with Gasteiger partial charge in [-0.3, -0.25) is 4.99 Å². The number of halogens is 1. The predicted octanol–water partition coefficient (Wildman–Crippen LogP) is 3.96. The van der Waals surface area contributed by atoms with Crippen LogP contribution in [0.1, 0.15) is 12.5 Å². The molecule has 25 heavy (non-hydrogen) atoms. The summed E-state index contributed by atoms with van der Waals surface area (Å²) in [4.78, 5) is 15.1. The van der Waals surface area contributed by atoms with Crippen molar-refractivity contribution in [1.29, 1.82) is 0 Å². The molecule has 2 aromatic rings. The lowest BCUT2D eigenvalue weighted by Gasteiger charge is -2.13. The molecule has 132 valence electrons. The van der Waals surface area contributed by atoms with Crippen LogP contribution in [0.5, 0.6) is 17.2 Å². The van der Waals surface area contributed by atoms with E-state index in [2.05, 4.69) is 4.99 Å². The van der Waals surface area contributed by atoms with E-state index in [-0.39, 0.29) is 10.8 Å². The van der Waals surface area contributed by atoms with E-state index in [1.807, 2.05) is 31.2 Å². The van der Waals surface area contributed by atoms with Crippen LogP contribution in [-0.4, -0.2) is 37.6 Å². The van der Waals surface area contributed by atoms with Gasteiger partial charge in [-0.05, 0) is 48.9 Å². The molecule has 0 aliphatic carbocycles. The summed E-state index contributed by atoms with van der Waals surface area (Å²) < 4.78 is 15.8. The summed E-state index contributed by atoms with van der Waals surface area (Å²) in [6, 6.07) is 10.6. The summed E-state index contributed by atoms with van der Waals surface area (Å²) in [5.74, 6) is 0.226. The molecule has 0 heterocycles. The highest BCUT2D eigenvalue weighted by Crippen LogP contribution is 2.36. The Morgan fingerprint density at radius 1 is 1.24 bits per heavy atom. The van der Waals surface area contributed by atoms with Gasteiger partial charge in [0, 0.05) is 6.21 Å². The summed E-state index contributed by atoms with van der Waals surface area (Å²) in [5.41, 5.74) is 1.45. The monoisotopic (exact) mass is 363 g/mol. The van der Waals surface area contributed by atoms with Gasteiger partial charge >= 0.3 is 5.97 Å². The quantitative estimate of drug-likeness (QED) is 0.718. The molecule has 0 spiro atoms. The molecule has 0 aliphatic rings. The zero-order valence-corrected chi connectivity index (χ0v) is 14.6. The third-order valence-electron chi connectivity index (χ3n) is 3.11. The Bertz CT molecular complexity index is 759. The minimum absolute atomic E-state index is 0.201. The van der Waals surface area contributed by atoms with Crippen LogP contribution in [0.25, 0.3) is 0 Å². The zero-order chi connectivity index (χ0) is 18.2. The number of carboxylic acids is 1. The van der Waals surface area contributed by atoms with Crippen LogP contribution in [0.15, 0.2) is 41.4 Å². The number of carbonyl (C=O) groups is 1. The first-order valence-electron chi connectivity index (χ1n) is 7.52. The topological polar surface area (TPSA) is 77.3 Å². The first-order chi connectivity index (χ1) is 12.0. The Morgan fingerprint density at radius 2 is 1.96 bits per heavy atom. The lowest BCUT2D eigenvalue weighted by atomic mass is 10.2. The third kappa shape index (κ3) is 5.39. The van der Waals surface area contributed by atoms with E-state index in [1.165, 1.54) is 0 Å². The molecule has 2 aromatic carbocycles. The van der Waals surface area contributed by atoms with Crippen molar-refractivity contribution < 1.29 is 24.1 Å². The molecule has 0 bridgehead atoms. The molecular weight excluding hydrogens is 346 g/mol. The molecule has 2 rings (SSSR count). The van der Waals surface area contributed by atoms with Gasteiger partial charge in [0.25, 0.3) is 0 Å². The van der Waals surface area contributed by atoms with Gasteiger partial charge in [0.05, 0.1) is 24.4 Å². The van der Waals surface area contributed by atoms with Crippen LogP contribution in [-0.2, 0) is 4.79 Å². The lowest BCUT2D eigenvalue weighted by Crippen LogP contribution is -2.11. The molecule has 0 unspecified atom stereocenters. The molecule has 0 atom stereocenters. The second-order valence-electron chi connectivity index (χ2n) is 4.90.